The van der Waals surface area contributed by atoms with E-state index in [0.29, 0.717) is 5.40 Å². The number of unbranched alkanes of at least 4 members (excludes halogenated alkanes) is 2. The molecule has 0 nitrogen and oxygen atoms in total. The van der Waals surface area contributed by atoms with Gasteiger partial charge in [0.05, 0.1) is 0 Å². The van der Waals surface area contributed by atoms with Crippen LogP contribution in [-0.4, -0.2) is 5.40 Å². The van der Waals surface area contributed by atoms with Gasteiger partial charge in [0, 0.05) is 5.40 Å². The summed E-state index contributed by atoms with van der Waals surface area (Å²) in [4.78, 5) is 0. The van der Waals surface area contributed by atoms with Crippen LogP contribution in [0.3, 0.4) is 0 Å². The molecule has 0 aliphatic rings. The monoisotopic (exact) mass is 566 g/mol. The molecule has 0 atom stereocenters. The maximum atomic E-state index is 2.46. The van der Waals surface area contributed by atoms with Crippen molar-refractivity contribution in [1.29, 1.82) is 0 Å². The molecule has 2 heteroatoms. The molecule has 0 spiro atoms. The van der Waals surface area contributed by atoms with E-state index in [-0.39, 0.29) is 0 Å². The molecular weight excluding hydrogens is 518 g/mol. The van der Waals surface area contributed by atoms with Gasteiger partial charge in [-0.05, 0) is 143 Å². The van der Waals surface area contributed by atoms with Crippen LogP contribution in [0.4, 0.5) is 0 Å². The van der Waals surface area contributed by atoms with Crippen LogP contribution in [0.2, 0.25) is 0 Å². The molecule has 0 N–H and O–H groups in total. The zero-order chi connectivity index (χ0) is 29.0. The summed E-state index contributed by atoms with van der Waals surface area (Å²) >= 11 is 0. The molecule has 4 rings (SSSR count). The van der Waals surface area contributed by atoms with Gasteiger partial charge in [-0.15, -0.1) is 0 Å². The fraction of sp³-hybridized carbons (Fsp3) is 0.368. The van der Waals surface area contributed by atoms with Crippen molar-refractivity contribution in [2.75, 3.05) is 0 Å². The first-order valence-corrected chi connectivity index (χ1v) is 17.8. The Morgan fingerprint density at radius 1 is 0.450 bits per heavy atom. The zero-order valence-electron chi connectivity index (χ0n) is 26.2. The number of rotatable bonds is 10. The Morgan fingerprint density at radius 2 is 0.750 bits per heavy atom. The minimum absolute atomic E-state index is 0.554. The van der Waals surface area contributed by atoms with Crippen molar-refractivity contribution in [2.24, 2.45) is 0 Å². The Hall–Kier alpha value is -2.26. The van der Waals surface area contributed by atoms with Crippen molar-refractivity contribution >= 4 is 37.1 Å². The van der Waals surface area contributed by atoms with Crippen LogP contribution in [-0.2, 0) is 0 Å². The van der Waals surface area contributed by atoms with E-state index in [1.165, 1.54) is 70.2 Å². The number of aryl methyl sites for hydroxylation is 4. The molecule has 40 heavy (non-hydrogen) atoms. The maximum absolute atomic E-state index is 2.46. The summed E-state index contributed by atoms with van der Waals surface area (Å²) in [7, 11) is -1.21. The highest BCUT2D eigenvalue weighted by atomic mass is 31.2. The molecule has 0 aliphatic carbocycles. The van der Waals surface area contributed by atoms with Gasteiger partial charge in [0.2, 0.25) is 0 Å². The van der Waals surface area contributed by atoms with E-state index in [2.05, 4.69) is 135 Å². The molecular formula is C38H48P2. The number of hydrogen-bond donors (Lipinski definition) is 0. The largest absolute Gasteiger partial charge is 0.0654 e. The average Bonchev–Trinajstić information content (AvgIpc) is 2.93. The van der Waals surface area contributed by atoms with Gasteiger partial charge in [0.25, 0.3) is 0 Å². The van der Waals surface area contributed by atoms with Crippen molar-refractivity contribution in [3.8, 4) is 0 Å². The first-order valence-electron chi connectivity index (χ1n) is 15.0. The second kappa shape index (κ2) is 13.6. The lowest BCUT2D eigenvalue weighted by Gasteiger charge is -2.39. The highest BCUT2D eigenvalue weighted by Crippen LogP contribution is 2.60. The Morgan fingerprint density at radius 3 is 1.02 bits per heavy atom. The van der Waals surface area contributed by atoms with Crippen LogP contribution >= 0.6 is 15.8 Å². The van der Waals surface area contributed by atoms with Gasteiger partial charge < -0.3 is 0 Å². The van der Waals surface area contributed by atoms with Gasteiger partial charge in [-0.25, -0.2) is 0 Å². The highest BCUT2D eigenvalue weighted by molar-refractivity contribution is 7.89. The summed E-state index contributed by atoms with van der Waals surface area (Å²) in [6, 6.07) is 28.2. The van der Waals surface area contributed by atoms with E-state index >= 15 is 0 Å². The Bertz CT molecular complexity index is 1250. The second-order valence-corrected chi connectivity index (χ2v) is 16.7. The quantitative estimate of drug-likeness (QED) is 0.132. The lowest BCUT2D eigenvalue weighted by Crippen LogP contribution is -2.31. The first kappa shape index (κ1) is 30.7. The van der Waals surface area contributed by atoms with E-state index < -0.39 is 15.8 Å². The van der Waals surface area contributed by atoms with Gasteiger partial charge in [-0.2, -0.15) is 0 Å². The van der Waals surface area contributed by atoms with Gasteiger partial charge >= 0.3 is 0 Å². The summed E-state index contributed by atoms with van der Waals surface area (Å²) in [5.41, 5.74) is 11.5. The van der Waals surface area contributed by atoms with Crippen molar-refractivity contribution in [2.45, 2.75) is 93.4 Å². The van der Waals surface area contributed by atoms with Gasteiger partial charge in [-0.3, -0.25) is 0 Å². The summed E-state index contributed by atoms with van der Waals surface area (Å²) in [5.74, 6) is 0. The standard InChI is InChI=1S/C38H48P2/c1-10-11-12-25-38(39(34-21-13-17-26(2)30(34)6)35-22-14-18-27(3)31(35)7)40(36-23-15-19-28(4)32(36)8)37-24-16-20-29(5)33(37)9/h13-24,38H,10-12,25H2,1-9H3. The Labute approximate surface area is 247 Å². The third-order valence-corrected chi connectivity index (χ3v) is 16.1. The number of hydrogen-bond acceptors (Lipinski definition) is 0. The summed E-state index contributed by atoms with van der Waals surface area (Å²) in [6.07, 6.45) is 5.08. The Kier molecular flexibility index (Phi) is 10.4. The Balaban J connectivity index is 2.10. The molecule has 0 heterocycles. The van der Waals surface area contributed by atoms with E-state index in [1.807, 2.05) is 0 Å². The molecule has 210 valence electrons. The molecule has 0 saturated heterocycles. The fourth-order valence-corrected chi connectivity index (χ4v) is 14.1. The van der Waals surface area contributed by atoms with Crippen molar-refractivity contribution in [3.05, 3.63) is 117 Å². The van der Waals surface area contributed by atoms with E-state index in [9.17, 15) is 0 Å². The third-order valence-electron chi connectivity index (χ3n) is 9.00. The van der Waals surface area contributed by atoms with Crippen LogP contribution in [0, 0.1) is 55.4 Å². The lowest BCUT2D eigenvalue weighted by molar-refractivity contribution is 0.694. The summed E-state index contributed by atoms with van der Waals surface area (Å²) in [6.45, 7) is 21.0. The van der Waals surface area contributed by atoms with Gasteiger partial charge in [0.15, 0.2) is 0 Å². The van der Waals surface area contributed by atoms with E-state index in [0.717, 1.165) is 0 Å². The molecule has 4 aromatic rings. The van der Waals surface area contributed by atoms with Gasteiger partial charge in [-0.1, -0.05) is 99.0 Å². The van der Waals surface area contributed by atoms with E-state index in [4.69, 9.17) is 0 Å². The van der Waals surface area contributed by atoms with Crippen molar-refractivity contribution in [3.63, 3.8) is 0 Å². The highest BCUT2D eigenvalue weighted by Gasteiger charge is 2.36. The van der Waals surface area contributed by atoms with Crippen molar-refractivity contribution in [1.82, 2.24) is 0 Å². The summed E-state index contributed by atoms with van der Waals surface area (Å²) < 4.78 is 0. The number of benzene rings is 4. The molecule has 0 bridgehead atoms. The van der Waals surface area contributed by atoms with E-state index in [1.54, 1.807) is 21.2 Å². The minimum atomic E-state index is -0.607. The third kappa shape index (κ3) is 6.30. The first-order chi connectivity index (χ1) is 19.2. The van der Waals surface area contributed by atoms with Crippen LogP contribution in [0.25, 0.3) is 0 Å². The minimum Gasteiger partial charge on any atom is -0.0654 e. The van der Waals surface area contributed by atoms with Crippen LogP contribution in [0.1, 0.15) is 77.1 Å². The summed E-state index contributed by atoms with van der Waals surface area (Å²) in [5, 5.41) is 6.86. The fourth-order valence-electron chi connectivity index (χ4n) is 5.84. The second-order valence-electron chi connectivity index (χ2n) is 11.6. The van der Waals surface area contributed by atoms with Crippen LogP contribution < -0.4 is 21.2 Å². The molecule has 0 aliphatic heterocycles. The molecule has 0 amide bonds. The SMILES string of the molecule is CCCCCC(P(c1cccc(C)c1C)c1cccc(C)c1C)P(c1cccc(C)c1C)c1cccc(C)c1C. The normalized spacial score (nSPS) is 11.7. The zero-order valence-corrected chi connectivity index (χ0v) is 28.0. The lowest BCUT2D eigenvalue weighted by atomic mass is 10.1. The predicted molar refractivity (Wildman–Crippen MR) is 184 cm³/mol. The smallest absolute Gasteiger partial charge is 0.0155 e. The molecule has 0 fully saturated rings. The van der Waals surface area contributed by atoms with Crippen LogP contribution in [0.5, 0.6) is 0 Å². The molecule has 0 unspecified atom stereocenters. The molecule has 0 aromatic heterocycles. The topological polar surface area (TPSA) is 0 Å². The average molecular weight is 567 g/mol. The molecule has 4 aromatic carbocycles. The molecule has 0 radical (unpaired) electrons. The predicted octanol–water partition coefficient (Wildman–Crippen LogP) is 9.63. The molecule has 0 saturated carbocycles. The van der Waals surface area contributed by atoms with Crippen molar-refractivity contribution < 1.29 is 0 Å². The van der Waals surface area contributed by atoms with Gasteiger partial charge in [0.1, 0.15) is 0 Å². The van der Waals surface area contributed by atoms with Crippen LogP contribution in [0.15, 0.2) is 72.8 Å². The maximum Gasteiger partial charge on any atom is 0.0155 e.